The molecule has 0 rings (SSSR count). The van der Waals surface area contributed by atoms with Gasteiger partial charge < -0.3 is 14.0 Å². The Balaban J connectivity index is 4.44. The monoisotopic (exact) mass is 636 g/mol. The second-order valence-electron chi connectivity index (χ2n) is 10.9. The molecule has 0 bridgehead atoms. The molecule has 1 unspecified atom stereocenters. The van der Waals surface area contributed by atoms with Gasteiger partial charge in [-0.05, 0) is 25.7 Å². The lowest BCUT2D eigenvalue weighted by atomic mass is 9.99. The first kappa shape index (κ1) is 39.6. The van der Waals surface area contributed by atoms with E-state index in [1.807, 2.05) is 21.1 Å². The Hall–Kier alpha value is -1.38. The highest BCUT2D eigenvalue weighted by molar-refractivity contribution is 8.00. The number of alkyl halides is 9. The molecule has 0 aromatic carbocycles. The number of quaternary nitrogens is 1. The number of nitrogens with zero attached hydrogens (tertiary/aromatic N) is 1. The number of rotatable bonds is 21. The summed E-state index contributed by atoms with van der Waals surface area (Å²) >= 11 is 1.24. The largest absolute Gasteiger partial charge is 0.466 e. The molecule has 0 amide bonds. The third-order valence-corrected chi connectivity index (χ3v) is 7.17. The normalized spacial score (nSPS) is 13.9. The van der Waals surface area contributed by atoms with Crippen LogP contribution >= 0.6 is 11.8 Å². The zero-order chi connectivity index (χ0) is 31.7. The molecule has 0 N–H and O–H groups in total. The number of unbranched alkanes of at least 4 members (excludes halogenated alkanes) is 7. The fourth-order valence-corrected chi connectivity index (χ4v) is 5.01. The lowest BCUT2D eigenvalue weighted by molar-refractivity contribution is -0.867. The van der Waals surface area contributed by atoms with E-state index in [0.29, 0.717) is 42.5 Å². The molecule has 15 heteroatoms. The van der Waals surface area contributed by atoms with Crippen LogP contribution < -0.4 is 0 Å². The van der Waals surface area contributed by atoms with Crippen LogP contribution in [0.5, 0.6) is 0 Å². The molecule has 0 aliphatic rings. The first-order valence-corrected chi connectivity index (χ1v) is 14.7. The molecule has 0 fully saturated rings. The summed E-state index contributed by atoms with van der Waals surface area (Å²) in [5, 5.41) is -0.831. The van der Waals surface area contributed by atoms with Gasteiger partial charge in [0.2, 0.25) is 0 Å². The van der Waals surface area contributed by atoms with E-state index in [9.17, 15) is 49.1 Å². The van der Waals surface area contributed by atoms with Gasteiger partial charge in [-0.2, -0.15) is 39.5 Å². The molecule has 0 spiro atoms. The molecule has 5 nitrogen and oxygen atoms in total. The van der Waals surface area contributed by atoms with Crippen LogP contribution in [0.4, 0.5) is 39.5 Å². The average Bonchev–Trinajstić information content (AvgIpc) is 2.78. The number of hydrogen-bond donors (Lipinski definition) is 0. The van der Waals surface area contributed by atoms with Crippen molar-refractivity contribution in [1.29, 1.82) is 0 Å². The topological polar surface area (TPSA) is 52.6 Å². The third kappa shape index (κ3) is 22.8. The van der Waals surface area contributed by atoms with Crippen molar-refractivity contribution in [1.82, 2.24) is 0 Å². The predicted octanol–water partition coefficient (Wildman–Crippen LogP) is 7.87. The maximum absolute atomic E-state index is 12.6. The molecule has 41 heavy (non-hydrogen) atoms. The van der Waals surface area contributed by atoms with Gasteiger partial charge in [-0.15, -0.1) is 11.8 Å². The summed E-state index contributed by atoms with van der Waals surface area (Å²) in [5.41, 5.74) is 0. The Morgan fingerprint density at radius 1 is 0.707 bits per heavy atom. The van der Waals surface area contributed by atoms with Crippen molar-refractivity contribution in [2.24, 2.45) is 5.92 Å². The van der Waals surface area contributed by atoms with Crippen molar-refractivity contribution in [3.8, 4) is 0 Å². The highest BCUT2D eigenvalue weighted by Crippen LogP contribution is 2.42. The minimum Gasteiger partial charge on any atom is -0.466 e. The molecule has 0 aromatic heterocycles. The number of halogens is 9. The highest BCUT2D eigenvalue weighted by Gasteiger charge is 2.55. The fourth-order valence-electron chi connectivity index (χ4n) is 3.62. The van der Waals surface area contributed by atoms with Crippen LogP contribution in [0.25, 0.3) is 0 Å². The number of hydrogen-bond acceptors (Lipinski definition) is 5. The number of thioether (sulfide) groups is 1. The van der Waals surface area contributed by atoms with Crippen molar-refractivity contribution in [2.75, 3.05) is 46.7 Å². The predicted molar refractivity (Wildman–Crippen MR) is 138 cm³/mol. The van der Waals surface area contributed by atoms with Gasteiger partial charge in [-0.25, -0.2) is 0 Å². The molecular weight excluding hydrogens is 593 g/mol. The van der Waals surface area contributed by atoms with Crippen LogP contribution in [0.2, 0.25) is 0 Å². The summed E-state index contributed by atoms with van der Waals surface area (Å²) in [6, 6.07) is 0. The molecule has 0 aliphatic heterocycles. The van der Waals surface area contributed by atoms with Gasteiger partial charge in [0.05, 0.1) is 47.3 Å². The molecule has 0 aliphatic carbocycles. The van der Waals surface area contributed by atoms with Crippen LogP contribution in [-0.2, 0) is 19.1 Å². The van der Waals surface area contributed by atoms with Crippen molar-refractivity contribution in [2.45, 2.75) is 101 Å². The van der Waals surface area contributed by atoms with Crippen molar-refractivity contribution in [3.05, 3.63) is 0 Å². The number of ether oxygens (including phenoxy) is 2. The van der Waals surface area contributed by atoms with E-state index in [-0.39, 0.29) is 51.7 Å². The first-order chi connectivity index (χ1) is 18.7. The van der Waals surface area contributed by atoms with Gasteiger partial charge in [-0.1, -0.05) is 38.5 Å². The van der Waals surface area contributed by atoms with Crippen LogP contribution in [0.1, 0.15) is 77.0 Å². The van der Waals surface area contributed by atoms with E-state index in [1.165, 1.54) is 11.8 Å². The summed E-state index contributed by atoms with van der Waals surface area (Å²) in [5.74, 6) is -4.09. The second kappa shape index (κ2) is 19.0. The van der Waals surface area contributed by atoms with E-state index in [2.05, 4.69) is 0 Å². The molecule has 0 saturated carbocycles. The van der Waals surface area contributed by atoms with Gasteiger partial charge in [0.25, 0.3) is 0 Å². The van der Waals surface area contributed by atoms with Crippen molar-refractivity contribution in [3.63, 3.8) is 0 Å². The standard InChI is InChI=1S/C26H43F9NO4S/c1-36(2,3)15-18-41-20(23(38)40-17-12-7-4-6-10-14-24(27,28)29)19-22(37)39-16-11-8-5-9-13-21(25(30,31)32)26(33,34)35/h20-21H,4-19H2,1-3H3/q+1. The van der Waals surface area contributed by atoms with Gasteiger partial charge in [0, 0.05) is 12.2 Å². The van der Waals surface area contributed by atoms with Crippen LogP contribution in [0.3, 0.4) is 0 Å². The van der Waals surface area contributed by atoms with Crippen LogP contribution in [0, 0.1) is 5.92 Å². The molecule has 0 heterocycles. The molecule has 0 radical (unpaired) electrons. The van der Waals surface area contributed by atoms with E-state index in [1.54, 1.807) is 0 Å². The molecule has 244 valence electrons. The van der Waals surface area contributed by atoms with Crippen molar-refractivity contribution < 1.29 is 63.1 Å². The summed E-state index contributed by atoms with van der Waals surface area (Å²) in [4.78, 5) is 24.9. The number of carbonyl (C=O) groups excluding carboxylic acids is 2. The summed E-state index contributed by atoms with van der Waals surface area (Å²) < 4.78 is 123. The lowest BCUT2D eigenvalue weighted by Gasteiger charge is -2.24. The lowest BCUT2D eigenvalue weighted by Crippen LogP contribution is -2.37. The van der Waals surface area contributed by atoms with E-state index in [4.69, 9.17) is 9.47 Å². The van der Waals surface area contributed by atoms with Crippen LogP contribution in [0.15, 0.2) is 0 Å². The van der Waals surface area contributed by atoms with Gasteiger partial charge in [0.15, 0.2) is 5.92 Å². The fraction of sp³-hybridized carbons (Fsp3) is 0.923. The Bertz CT molecular complexity index is 724. The smallest absolute Gasteiger partial charge is 0.400 e. The zero-order valence-electron chi connectivity index (χ0n) is 23.9. The van der Waals surface area contributed by atoms with Crippen molar-refractivity contribution >= 4 is 23.7 Å². The number of carbonyl (C=O) groups is 2. The number of esters is 2. The average molecular weight is 637 g/mol. The quantitative estimate of drug-likeness (QED) is 0.0556. The Kier molecular flexibility index (Phi) is 18.4. The van der Waals surface area contributed by atoms with E-state index < -0.39 is 54.5 Å². The summed E-state index contributed by atoms with van der Waals surface area (Å²) in [6.07, 6.45) is -14.5. The van der Waals surface area contributed by atoms with Gasteiger partial charge in [0.1, 0.15) is 5.25 Å². The Labute approximate surface area is 240 Å². The summed E-state index contributed by atoms with van der Waals surface area (Å²) in [6.45, 7) is 0.689. The van der Waals surface area contributed by atoms with E-state index >= 15 is 0 Å². The SMILES string of the molecule is C[N+](C)(C)CCSC(CC(=O)OCCCCCCC(C(F)(F)F)C(F)(F)F)C(=O)OCCCCCCCC(F)(F)F. The van der Waals surface area contributed by atoms with Gasteiger partial charge in [-0.3, -0.25) is 9.59 Å². The first-order valence-electron chi connectivity index (χ1n) is 13.7. The van der Waals surface area contributed by atoms with Gasteiger partial charge >= 0.3 is 30.5 Å². The molecule has 1 atom stereocenters. The maximum Gasteiger partial charge on any atom is 0.400 e. The third-order valence-electron chi connectivity index (χ3n) is 5.99. The Morgan fingerprint density at radius 3 is 1.71 bits per heavy atom. The molecular formula is C26H43F9NO4S+. The maximum atomic E-state index is 12.6. The van der Waals surface area contributed by atoms with Crippen LogP contribution in [-0.4, -0.2) is 86.9 Å². The minimum atomic E-state index is -5.35. The Morgan fingerprint density at radius 2 is 1.20 bits per heavy atom. The highest BCUT2D eigenvalue weighted by atomic mass is 32.2. The molecule has 0 aromatic rings. The molecule has 0 saturated heterocycles. The summed E-state index contributed by atoms with van der Waals surface area (Å²) in [7, 11) is 5.88. The second-order valence-corrected chi connectivity index (χ2v) is 12.2. The zero-order valence-corrected chi connectivity index (χ0v) is 24.7. The van der Waals surface area contributed by atoms with E-state index in [0.717, 1.165) is 0 Å². The minimum absolute atomic E-state index is 0.0486.